The highest BCUT2D eigenvalue weighted by molar-refractivity contribution is 6.26. The molecule has 8 aromatic carbocycles. The Bertz CT molecular complexity index is 2570. The Morgan fingerprint density at radius 2 is 0.733 bits per heavy atom. The van der Waals surface area contributed by atoms with Gasteiger partial charge in [-0.15, -0.1) is 0 Å². The predicted octanol–water partition coefficient (Wildman–Crippen LogP) is 11.6. The molecule has 0 unspecified atom stereocenters. The fourth-order valence-corrected chi connectivity index (χ4v) is 7.01. The number of benzene rings is 7. The molecule has 2 heteroatoms. The number of nitrogens with zero attached hydrogens (tertiary/aromatic N) is 2. The number of fused-ring (bicyclic) bond motifs is 11. The van der Waals surface area contributed by atoms with Crippen molar-refractivity contribution >= 4 is 64.9 Å². The van der Waals surface area contributed by atoms with Crippen LogP contribution in [0.15, 0.2) is 170 Å². The molecule has 0 aliphatic carbocycles. The standard InChI is InChI=1S/C43H28N2/c1-2-14-30(15-3-1)45-42-25-13-12-24-41(42)44-43(45)29-26-27-39-37-22-9-8-20-35(37)33-18-5-4-16-31(33)32-17-6-7-19-34(32)36-21-10-11-23-38(36)40(39)28-29/h1-28H. The van der Waals surface area contributed by atoms with Crippen LogP contribution in [0, 0.1) is 0 Å². The van der Waals surface area contributed by atoms with Crippen molar-refractivity contribution in [3.05, 3.63) is 170 Å². The van der Waals surface area contributed by atoms with Crippen molar-refractivity contribution < 1.29 is 0 Å². The van der Waals surface area contributed by atoms with Crippen LogP contribution in [-0.4, -0.2) is 9.55 Å². The SMILES string of the molecule is c1ccc(-n2c(-c3ccc4c5ccccc5c5ccccc5c5ccccc5c5ccccc5c4c3)nc3ccccc32)cc1. The first-order valence-corrected chi connectivity index (χ1v) is 15.4. The maximum Gasteiger partial charge on any atom is 0.145 e. The summed E-state index contributed by atoms with van der Waals surface area (Å²) in [6.07, 6.45) is 0. The van der Waals surface area contributed by atoms with E-state index in [0.717, 1.165) is 28.1 Å². The second kappa shape index (κ2) is 10.3. The van der Waals surface area contributed by atoms with E-state index in [1.54, 1.807) is 0 Å². The third kappa shape index (κ3) is 4.07. The molecule has 1 heterocycles. The van der Waals surface area contributed by atoms with Crippen LogP contribution in [0.25, 0.3) is 82.0 Å². The number of imidazole rings is 1. The Hall–Kier alpha value is -5.99. The van der Waals surface area contributed by atoms with Gasteiger partial charge in [-0.2, -0.15) is 0 Å². The predicted molar refractivity (Wildman–Crippen MR) is 192 cm³/mol. The van der Waals surface area contributed by atoms with Gasteiger partial charge in [-0.1, -0.05) is 140 Å². The number of aromatic nitrogens is 2. The lowest BCUT2D eigenvalue weighted by molar-refractivity contribution is 1.10. The Morgan fingerprint density at radius 3 is 1.24 bits per heavy atom. The van der Waals surface area contributed by atoms with Gasteiger partial charge in [-0.05, 0) is 84.2 Å². The van der Waals surface area contributed by atoms with Gasteiger partial charge >= 0.3 is 0 Å². The molecule has 0 aliphatic rings. The van der Waals surface area contributed by atoms with Crippen LogP contribution < -0.4 is 0 Å². The van der Waals surface area contributed by atoms with Gasteiger partial charge in [0.2, 0.25) is 0 Å². The highest BCUT2D eigenvalue weighted by Gasteiger charge is 2.16. The van der Waals surface area contributed by atoms with E-state index in [1.807, 2.05) is 0 Å². The third-order valence-corrected chi connectivity index (χ3v) is 9.01. The Morgan fingerprint density at radius 1 is 0.333 bits per heavy atom. The lowest BCUT2D eigenvalue weighted by Crippen LogP contribution is -1.97. The molecule has 0 bridgehead atoms. The van der Waals surface area contributed by atoms with Crippen molar-refractivity contribution in [2.24, 2.45) is 0 Å². The quantitative estimate of drug-likeness (QED) is 0.201. The monoisotopic (exact) mass is 572 g/mol. The fourth-order valence-electron chi connectivity index (χ4n) is 7.01. The molecular formula is C43H28N2. The average molecular weight is 573 g/mol. The maximum absolute atomic E-state index is 5.21. The highest BCUT2D eigenvalue weighted by atomic mass is 15.1. The van der Waals surface area contributed by atoms with Crippen molar-refractivity contribution in [3.63, 3.8) is 0 Å². The van der Waals surface area contributed by atoms with Gasteiger partial charge in [0.25, 0.3) is 0 Å². The summed E-state index contributed by atoms with van der Waals surface area (Å²) < 4.78 is 2.28. The summed E-state index contributed by atoms with van der Waals surface area (Å²) in [5.74, 6) is 0.929. The van der Waals surface area contributed by atoms with Crippen molar-refractivity contribution in [1.29, 1.82) is 0 Å². The van der Waals surface area contributed by atoms with Gasteiger partial charge in [0.1, 0.15) is 5.82 Å². The summed E-state index contributed by atoms with van der Waals surface area (Å²) in [5, 5.41) is 12.2. The first-order valence-electron chi connectivity index (χ1n) is 15.4. The molecule has 0 saturated heterocycles. The molecule has 0 N–H and O–H groups in total. The molecule has 0 fully saturated rings. The van der Waals surface area contributed by atoms with Crippen LogP contribution in [0.4, 0.5) is 0 Å². The van der Waals surface area contributed by atoms with Crippen LogP contribution in [0.2, 0.25) is 0 Å². The molecule has 0 spiro atoms. The Kier molecular flexibility index (Phi) is 5.85. The average Bonchev–Trinajstić information content (AvgIpc) is 3.51. The third-order valence-electron chi connectivity index (χ3n) is 9.01. The van der Waals surface area contributed by atoms with E-state index in [9.17, 15) is 0 Å². The van der Waals surface area contributed by atoms with Crippen LogP contribution in [0.3, 0.4) is 0 Å². The van der Waals surface area contributed by atoms with Crippen molar-refractivity contribution in [2.45, 2.75) is 0 Å². The highest BCUT2D eigenvalue weighted by Crippen LogP contribution is 2.38. The Labute approximate surface area is 260 Å². The molecule has 0 amide bonds. The van der Waals surface area contributed by atoms with E-state index in [1.165, 1.54) is 53.9 Å². The molecule has 0 atom stereocenters. The molecule has 0 saturated carbocycles. The van der Waals surface area contributed by atoms with Gasteiger partial charge in [0.15, 0.2) is 0 Å². The second-order valence-electron chi connectivity index (χ2n) is 11.5. The second-order valence-corrected chi connectivity index (χ2v) is 11.5. The molecule has 9 aromatic rings. The molecule has 0 aliphatic heterocycles. The normalized spacial score (nSPS) is 11.6. The van der Waals surface area contributed by atoms with E-state index in [4.69, 9.17) is 4.98 Å². The van der Waals surface area contributed by atoms with Gasteiger partial charge in [-0.3, -0.25) is 4.57 Å². The van der Waals surface area contributed by atoms with Crippen molar-refractivity contribution in [3.8, 4) is 17.1 Å². The minimum absolute atomic E-state index is 0.929. The topological polar surface area (TPSA) is 17.8 Å². The largest absolute Gasteiger partial charge is 0.292 e. The van der Waals surface area contributed by atoms with Gasteiger partial charge < -0.3 is 0 Å². The zero-order valence-electron chi connectivity index (χ0n) is 24.6. The molecule has 0 radical (unpaired) electrons. The number of hydrogen-bond donors (Lipinski definition) is 0. The number of rotatable bonds is 2. The number of hydrogen-bond acceptors (Lipinski definition) is 1. The summed E-state index contributed by atoms with van der Waals surface area (Å²) >= 11 is 0. The van der Waals surface area contributed by atoms with Gasteiger partial charge in [0.05, 0.1) is 11.0 Å². The maximum atomic E-state index is 5.21. The van der Waals surface area contributed by atoms with Gasteiger partial charge in [-0.25, -0.2) is 4.98 Å². The zero-order valence-corrected chi connectivity index (χ0v) is 24.6. The molecule has 9 rings (SSSR count). The van der Waals surface area contributed by atoms with E-state index in [0.29, 0.717) is 0 Å². The number of para-hydroxylation sites is 3. The van der Waals surface area contributed by atoms with E-state index >= 15 is 0 Å². The minimum atomic E-state index is 0.929. The van der Waals surface area contributed by atoms with Crippen LogP contribution in [-0.2, 0) is 0 Å². The van der Waals surface area contributed by atoms with Gasteiger partial charge in [0, 0.05) is 11.3 Å². The van der Waals surface area contributed by atoms with Crippen molar-refractivity contribution in [1.82, 2.24) is 9.55 Å². The summed E-state index contributed by atoms with van der Waals surface area (Å²) in [6, 6.07) is 61.1. The molecular weight excluding hydrogens is 544 g/mol. The van der Waals surface area contributed by atoms with E-state index in [-0.39, 0.29) is 0 Å². The molecule has 45 heavy (non-hydrogen) atoms. The fraction of sp³-hybridized carbons (Fsp3) is 0. The van der Waals surface area contributed by atoms with Crippen molar-refractivity contribution in [2.75, 3.05) is 0 Å². The lowest BCUT2D eigenvalue weighted by Gasteiger charge is -2.12. The van der Waals surface area contributed by atoms with Crippen LogP contribution in [0.5, 0.6) is 0 Å². The minimum Gasteiger partial charge on any atom is -0.292 e. The first kappa shape index (κ1) is 25.5. The summed E-state index contributed by atoms with van der Waals surface area (Å²) in [7, 11) is 0. The summed E-state index contributed by atoms with van der Waals surface area (Å²) in [6.45, 7) is 0. The van der Waals surface area contributed by atoms with E-state index in [2.05, 4.69) is 174 Å². The summed E-state index contributed by atoms with van der Waals surface area (Å²) in [4.78, 5) is 5.21. The zero-order chi connectivity index (χ0) is 29.7. The lowest BCUT2D eigenvalue weighted by atomic mass is 9.94. The van der Waals surface area contributed by atoms with E-state index < -0.39 is 0 Å². The summed E-state index contributed by atoms with van der Waals surface area (Å²) in [5.41, 5.74) is 4.24. The molecule has 1 aromatic heterocycles. The molecule has 210 valence electrons. The van der Waals surface area contributed by atoms with Crippen LogP contribution in [0.1, 0.15) is 0 Å². The first-order chi connectivity index (χ1) is 22.3. The van der Waals surface area contributed by atoms with Crippen LogP contribution >= 0.6 is 0 Å². The molecule has 2 nitrogen and oxygen atoms in total. The smallest absolute Gasteiger partial charge is 0.145 e. The Balaban J connectivity index is 1.52.